The lowest BCUT2D eigenvalue weighted by Gasteiger charge is -2.12. The van der Waals surface area contributed by atoms with Crippen LogP contribution in [-0.4, -0.2) is 53.7 Å². The summed E-state index contributed by atoms with van der Waals surface area (Å²) in [7, 11) is 0. The highest BCUT2D eigenvalue weighted by Gasteiger charge is 2.27. The molecule has 1 saturated heterocycles. The molecule has 1 N–H and O–H groups in total. The molecule has 23 heavy (non-hydrogen) atoms. The summed E-state index contributed by atoms with van der Waals surface area (Å²) in [5, 5.41) is 13.4. The number of nitrogens with zero attached hydrogens (tertiary/aromatic N) is 2. The number of nitrogens with one attached hydrogen (secondary N) is 1. The highest BCUT2D eigenvalue weighted by atomic mass is 32.2. The molecule has 0 aliphatic carbocycles. The number of carbonyl (C=O) groups is 3. The predicted molar refractivity (Wildman–Crippen MR) is 80.3 cm³/mol. The van der Waals surface area contributed by atoms with Crippen molar-refractivity contribution in [1.82, 2.24) is 10.2 Å². The van der Waals surface area contributed by atoms with E-state index in [0.29, 0.717) is 11.4 Å². The molecule has 0 aromatic heterocycles. The van der Waals surface area contributed by atoms with Crippen LogP contribution in [0, 0.1) is 10.1 Å². The van der Waals surface area contributed by atoms with Crippen molar-refractivity contribution in [2.45, 2.75) is 4.90 Å². The summed E-state index contributed by atoms with van der Waals surface area (Å²) < 4.78 is 4.82. The molecule has 10 heteroatoms. The highest BCUT2D eigenvalue weighted by Crippen LogP contribution is 2.28. The summed E-state index contributed by atoms with van der Waals surface area (Å²) in [6.07, 6.45) is 1.68. The van der Waals surface area contributed by atoms with Crippen molar-refractivity contribution in [3.8, 4) is 0 Å². The fourth-order valence-corrected chi connectivity index (χ4v) is 2.50. The van der Waals surface area contributed by atoms with Gasteiger partial charge in [0.05, 0.1) is 15.4 Å². The second-order valence-electron chi connectivity index (χ2n) is 4.50. The minimum absolute atomic E-state index is 0.0341. The van der Waals surface area contributed by atoms with Crippen molar-refractivity contribution < 1.29 is 24.0 Å². The number of imide groups is 1. The smallest absolute Gasteiger partial charge is 0.338 e. The molecule has 1 aromatic carbocycles. The normalized spacial score (nSPS) is 13.6. The molecule has 0 atom stereocenters. The fourth-order valence-electron chi connectivity index (χ4n) is 1.96. The number of amides is 3. The number of hydrogen-bond acceptors (Lipinski definition) is 7. The monoisotopic (exact) mass is 339 g/mol. The van der Waals surface area contributed by atoms with Crippen LogP contribution in [0.25, 0.3) is 0 Å². The molecule has 1 heterocycles. The van der Waals surface area contributed by atoms with Crippen LogP contribution in [0.1, 0.15) is 10.4 Å². The van der Waals surface area contributed by atoms with Gasteiger partial charge in [0.15, 0.2) is 6.61 Å². The lowest BCUT2D eigenvalue weighted by atomic mass is 10.2. The molecule has 122 valence electrons. The summed E-state index contributed by atoms with van der Waals surface area (Å²) in [5.74, 6) is -1.52. The maximum absolute atomic E-state index is 11.9. The van der Waals surface area contributed by atoms with Crippen molar-refractivity contribution in [3.63, 3.8) is 0 Å². The third kappa shape index (κ3) is 3.77. The number of rotatable bonds is 5. The molecule has 0 saturated carbocycles. The van der Waals surface area contributed by atoms with E-state index >= 15 is 0 Å². The maximum atomic E-state index is 11.9. The van der Waals surface area contributed by atoms with E-state index in [-0.39, 0.29) is 17.8 Å². The van der Waals surface area contributed by atoms with Gasteiger partial charge in [-0.2, -0.15) is 0 Å². The van der Waals surface area contributed by atoms with E-state index in [0.717, 1.165) is 11.0 Å². The first-order valence-corrected chi connectivity index (χ1v) is 7.74. The van der Waals surface area contributed by atoms with E-state index < -0.39 is 29.4 Å². The summed E-state index contributed by atoms with van der Waals surface area (Å²) >= 11 is 1.18. The van der Waals surface area contributed by atoms with Crippen molar-refractivity contribution in [2.24, 2.45) is 0 Å². The largest absolute Gasteiger partial charge is 0.452 e. The van der Waals surface area contributed by atoms with Crippen molar-refractivity contribution in [1.29, 1.82) is 0 Å². The third-order valence-electron chi connectivity index (χ3n) is 3.10. The summed E-state index contributed by atoms with van der Waals surface area (Å²) in [4.78, 5) is 46.7. The zero-order chi connectivity index (χ0) is 17.0. The Morgan fingerprint density at radius 3 is 2.78 bits per heavy atom. The number of nitro groups is 1. The highest BCUT2D eigenvalue weighted by molar-refractivity contribution is 7.98. The number of carbonyl (C=O) groups excluding carboxylic acids is 3. The van der Waals surface area contributed by atoms with Crippen LogP contribution in [0.3, 0.4) is 0 Å². The van der Waals surface area contributed by atoms with Crippen molar-refractivity contribution >= 4 is 35.4 Å². The van der Waals surface area contributed by atoms with E-state index in [2.05, 4.69) is 5.32 Å². The first-order valence-electron chi connectivity index (χ1n) is 6.51. The Morgan fingerprint density at radius 2 is 2.22 bits per heavy atom. The van der Waals surface area contributed by atoms with E-state index in [1.165, 1.54) is 23.9 Å². The fraction of sp³-hybridized carbons (Fsp3) is 0.308. The van der Waals surface area contributed by atoms with Crippen LogP contribution < -0.4 is 5.32 Å². The standard InChI is InChI=1S/C13H13N3O6S/c1-23-10-3-2-8(6-9(10)16(20)21)12(18)22-7-11(17)15-5-4-14-13(15)19/h2-3,6H,4-5,7H2,1H3,(H,14,19). The van der Waals surface area contributed by atoms with Gasteiger partial charge in [-0.05, 0) is 18.4 Å². The second kappa shape index (κ2) is 7.09. The van der Waals surface area contributed by atoms with E-state index in [1.807, 2.05) is 0 Å². The Bertz CT molecular complexity index is 678. The Hall–Kier alpha value is -2.62. The van der Waals surface area contributed by atoms with Gasteiger partial charge in [-0.25, -0.2) is 9.59 Å². The van der Waals surface area contributed by atoms with Crippen LogP contribution in [0.15, 0.2) is 23.1 Å². The van der Waals surface area contributed by atoms with Crippen LogP contribution in [-0.2, 0) is 9.53 Å². The van der Waals surface area contributed by atoms with Crippen LogP contribution in [0.4, 0.5) is 10.5 Å². The maximum Gasteiger partial charge on any atom is 0.338 e. The van der Waals surface area contributed by atoms with Gasteiger partial charge in [0.1, 0.15) is 0 Å². The molecule has 0 unspecified atom stereocenters. The molecule has 1 aromatic rings. The molecular formula is C13H13N3O6S. The Kier molecular flexibility index (Phi) is 5.16. The number of urea groups is 1. The summed E-state index contributed by atoms with van der Waals surface area (Å²) in [6, 6.07) is 3.39. The minimum Gasteiger partial charge on any atom is -0.452 e. The van der Waals surface area contributed by atoms with E-state index in [4.69, 9.17) is 4.74 Å². The third-order valence-corrected chi connectivity index (χ3v) is 3.88. The van der Waals surface area contributed by atoms with Gasteiger partial charge in [0.2, 0.25) is 0 Å². The number of nitro benzene ring substituents is 1. The van der Waals surface area contributed by atoms with Crippen LogP contribution in [0.5, 0.6) is 0 Å². The average Bonchev–Trinajstić information content (AvgIpc) is 2.97. The minimum atomic E-state index is -0.867. The topological polar surface area (TPSA) is 119 Å². The zero-order valence-corrected chi connectivity index (χ0v) is 12.9. The quantitative estimate of drug-likeness (QED) is 0.368. The number of esters is 1. The molecular weight excluding hydrogens is 326 g/mol. The SMILES string of the molecule is CSc1ccc(C(=O)OCC(=O)N2CCNC2=O)cc1[N+](=O)[O-]. The van der Waals surface area contributed by atoms with Gasteiger partial charge in [-0.3, -0.25) is 19.8 Å². The van der Waals surface area contributed by atoms with Crippen molar-refractivity contribution in [2.75, 3.05) is 26.0 Å². The summed E-state index contributed by atoms with van der Waals surface area (Å²) in [5.41, 5.74) is -0.245. The van der Waals surface area contributed by atoms with Crippen LogP contribution >= 0.6 is 11.8 Å². The lowest BCUT2D eigenvalue weighted by Crippen LogP contribution is -2.37. The van der Waals surface area contributed by atoms with E-state index in [1.54, 1.807) is 6.26 Å². The van der Waals surface area contributed by atoms with Crippen molar-refractivity contribution in [3.05, 3.63) is 33.9 Å². The predicted octanol–water partition coefficient (Wildman–Crippen LogP) is 1.03. The molecule has 0 bridgehead atoms. The number of ether oxygens (including phenoxy) is 1. The van der Waals surface area contributed by atoms with Gasteiger partial charge in [0, 0.05) is 19.2 Å². The average molecular weight is 339 g/mol. The first-order chi connectivity index (χ1) is 10.9. The second-order valence-corrected chi connectivity index (χ2v) is 5.35. The van der Waals surface area contributed by atoms with Gasteiger partial charge in [-0.1, -0.05) is 0 Å². The molecule has 1 aliphatic heterocycles. The Labute approximate surface area is 135 Å². The van der Waals surface area contributed by atoms with Gasteiger partial charge >= 0.3 is 12.0 Å². The molecule has 1 aliphatic rings. The first kappa shape index (κ1) is 16.7. The molecule has 1 fully saturated rings. The molecule has 0 radical (unpaired) electrons. The zero-order valence-electron chi connectivity index (χ0n) is 12.1. The lowest BCUT2D eigenvalue weighted by molar-refractivity contribution is -0.387. The van der Waals surface area contributed by atoms with Crippen LogP contribution in [0.2, 0.25) is 0 Å². The Morgan fingerprint density at radius 1 is 1.48 bits per heavy atom. The molecule has 2 rings (SSSR count). The summed E-state index contributed by atoms with van der Waals surface area (Å²) in [6.45, 7) is -0.0473. The molecule has 0 spiro atoms. The Balaban J connectivity index is 2.03. The van der Waals surface area contributed by atoms with Gasteiger partial charge in [-0.15, -0.1) is 11.8 Å². The number of benzene rings is 1. The number of hydrogen-bond donors (Lipinski definition) is 1. The molecule has 9 nitrogen and oxygen atoms in total. The van der Waals surface area contributed by atoms with E-state index in [9.17, 15) is 24.5 Å². The molecule has 3 amide bonds. The number of thioether (sulfide) groups is 1. The van der Waals surface area contributed by atoms with Gasteiger partial charge in [0.25, 0.3) is 11.6 Å². The van der Waals surface area contributed by atoms with Gasteiger partial charge < -0.3 is 10.1 Å².